The predicted molar refractivity (Wildman–Crippen MR) is 65.1 cm³/mol. The van der Waals surface area contributed by atoms with Gasteiger partial charge in [-0.3, -0.25) is 5.41 Å². The van der Waals surface area contributed by atoms with Crippen molar-refractivity contribution in [1.82, 2.24) is 0 Å². The largest absolute Gasteiger partial charge is 0.490 e. The molecule has 1 aliphatic rings. The van der Waals surface area contributed by atoms with Crippen molar-refractivity contribution in [3.8, 4) is 5.75 Å². The van der Waals surface area contributed by atoms with E-state index in [0.717, 1.165) is 29.7 Å². The van der Waals surface area contributed by atoms with Crippen LogP contribution >= 0.6 is 0 Å². The molecule has 1 saturated carbocycles. The standard InChI is InChI=1S/C13H18N2O/c1-9-8-10(13(14)15)6-7-12(9)16-11-4-2-3-5-11/h6-8,11H,2-5H2,1H3,(H3,14,15). The van der Waals surface area contributed by atoms with Crippen molar-refractivity contribution in [2.75, 3.05) is 0 Å². The second-order valence-electron chi connectivity index (χ2n) is 4.42. The lowest BCUT2D eigenvalue weighted by molar-refractivity contribution is 0.208. The molecule has 3 N–H and O–H groups in total. The monoisotopic (exact) mass is 218 g/mol. The third-order valence-corrected chi connectivity index (χ3v) is 3.08. The highest BCUT2D eigenvalue weighted by molar-refractivity contribution is 5.95. The zero-order valence-electron chi connectivity index (χ0n) is 9.62. The molecule has 0 amide bonds. The summed E-state index contributed by atoms with van der Waals surface area (Å²) in [6, 6.07) is 5.68. The van der Waals surface area contributed by atoms with E-state index in [-0.39, 0.29) is 5.84 Å². The first-order chi connectivity index (χ1) is 7.66. The predicted octanol–water partition coefficient (Wildman–Crippen LogP) is 2.60. The molecule has 0 saturated heterocycles. The van der Waals surface area contributed by atoms with Gasteiger partial charge in [-0.05, 0) is 56.4 Å². The molecule has 0 radical (unpaired) electrons. The molecule has 3 nitrogen and oxygen atoms in total. The summed E-state index contributed by atoms with van der Waals surface area (Å²) in [5, 5.41) is 7.36. The minimum atomic E-state index is 0.107. The van der Waals surface area contributed by atoms with Crippen LogP contribution in [-0.2, 0) is 0 Å². The molecule has 86 valence electrons. The van der Waals surface area contributed by atoms with E-state index in [0.29, 0.717) is 6.10 Å². The molecule has 16 heavy (non-hydrogen) atoms. The molecule has 0 unspecified atom stereocenters. The van der Waals surface area contributed by atoms with Gasteiger partial charge in [0.15, 0.2) is 0 Å². The lowest BCUT2D eigenvalue weighted by Crippen LogP contribution is -2.13. The van der Waals surface area contributed by atoms with E-state index in [4.69, 9.17) is 15.9 Å². The molecule has 1 aromatic carbocycles. The Morgan fingerprint density at radius 3 is 2.62 bits per heavy atom. The molecular weight excluding hydrogens is 200 g/mol. The zero-order valence-corrected chi connectivity index (χ0v) is 9.62. The minimum absolute atomic E-state index is 0.107. The summed E-state index contributed by atoms with van der Waals surface area (Å²) >= 11 is 0. The van der Waals surface area contributed by atoms with Gasteiger partial charge in [0.1, 0.15) is 11.6 Å². The number of nitrogen functional groups attached to an aromatic ring is 1. The molecule has 1 fully saturated rings. The van der Waals surface area contributed by atoms with Crippen LogP contribution < -0.4 is 10.5 Å². The fourth-order valence-electron chi connectivity index (χ4n) is 2.13. The van der Waals surface area contributed by atoms with E-state index >= 15 is 0 Å². The Balaban J connectivity index is 2.12. The summed E-state index contributed by atoms with van der Waals surface area (Å²) in [5.41, 5.74) is 7.25. The van der Waals surface area contributed by atoms with Gasteiger partial charge in [0.2, 0.25) is 0 Å². The Morgan fingerprint density at radius 2 is 2.06 bits per heavy atom. The summed E-state index contributed by atoms with van der Waals surface area (Å²) < 4.78 is 5.93. The van der Waals surface area contributed by atoms with Gasteiger partial charge in [-0.1, -0.05) is 0 Å². The SMILES string of the molecule is Cc1cc(C(=N)N)ccc1OC1CCCC1. The molecular formula is C13H18N2O. The first-order valence-electron chi connectivity index (χ1n) is 5.78. The van der Waals surface area contributed by atoms with Gasteiger partial charge in [-0.25, -0.2) is 0 Å². The fraction of sp³-hybridized carbons (Fsp3) is 0.462. The van der Waals surface area contributed by atoms with Crippen LogP contribution in [0, 0.1) is 12.3 Å². The van der Waals surface area contributed by atoms with Crippen molar-refractivity contribution < 1.29 is 4.74 Å². The van der Waals surface area contributed by atoms with E-state index in [1.54, 1.807) is 0 Å². The van der Waals surface area contributed by atoms with Crippen LogP contribution in [0.25, 0.3) is 0 Å². The summed E-state index contributed by atoms with van der Waals surface area (Å²) in [5.74, 6) is 1.03. The van der Waals surface area contributed by atoms with Gasteiger partial charge in [-0.15, -0.1) is 0 Å². The van der Waals surface area contributed by atoms with E-state index in [9.17, 15) is 0 Å². The van der Waals surface area contributed by atoms with Crippen molar-refractivity contribution >= 4 is 5.84 Å². The Morgan fingerprint density at radius 1 is 1.38 bits per heavy atom. The molecule has 0 heterocycles. The lowest BCUT2D eigenvalue weighted by atomic mass is 10.1. The highest BCUT2D eigenvalue weighted by Crippen LogP contribution is 2.26. The lowest BCUT2D eigenvalue weighted by Gasteiger charge is -2.15. The summed E-state index contributed by atoms with van der Waals surface area (Å²) in [6.45, 7) is 2.00. The molecule has 0 bridgehead atoms. The van der Waals surface area contributed by atoms with Gasteiger partial charge < -0.3 is 10.5 Å². The smallest absolute Gasteiger partial charge is 0.122 e. The maximum absolute atomic E-state index is 7.36. The van der Waals surface area contributed by atoms with Crippen LogP contribution in [-0.4, -0.2) is 11.9 Å². The maximum atomic E-state index is 7.36. The first-order valence-corrected chi connectivity index (χ1v) is 5.78. The highest BCUT2D eigenvalue weighted by atomic mass is 16.5. The van der Waals surface area contributed by atoms with Crippen LogP contribution in [0.4, 0.5) is 0 Å². The van der Waals surface area contributed by atoms with Gasteiger partial charge in [0.05, 0.1) is 6.10 Å². The number of nitrogens with two attached hydrogens (primary N) is 1. The Hall–Kier alpha value is -1.51. The van der Waals surface area contributed by atoms with Gasteiger partial charge in [0, 0.05) is 5.56 Å². The van der Waals surface area contributed by atoms with Gasteiger partial charge in [-0.2, -0.15) is 0 Å². The van der Waals surface area contributed by atoms with Gasteiger partial charge >= 0.3 is 0 Å². The van der Waals surface area contributed by atoms with E-state index in [1.165, 1.54) is 12.8 Å². The van der Waals surface area contributed by atoms with Crippen LogP contribution in [0.1, 0.15) is 36.8 Å². The quantitative estimate of drug-likeness (QED) is 0.605. The highest BCUT2D eigenvalue weighted by Gasteiger charge is 2.17. The molecule has 0 spiro atoms. The summed E-state index contributed by atoms with van der Waals surface area (Å²) in [6.07, 6.45) is 5.24. The Labute approximate surface area is 96.1 Å². The van der Waals surface area contributed by atoms with E-state index < -0.39 is 0 Å². The van der Waals surface area contributed by atoms with Crippen molar-refractivity contribution in [1.29, 1.82) is 5.41 Å². The van der Waals surface area contributed by atoms with Crippen LogP contribution in [0.5, 0.6) is 5.75 Å². The second-order valence-corrected chi connectivity index (χ2v) is 4.42. The molecule has 0 aliphatic heterocycles. The number of rotatable bonds is 3. The number of ether oxygens (including phenoxy) is 1. The fourth-order valence-corrected chi connectivity index (χ4v) is 2.13. The number of nitrogens with one attached hydrogen (secondary N) is 1. The number of hydrogen-bond acceptors (Lipinski definition) is 2. The summed E-state index contributed by atoms with van der Waals surface area (Å²) in [7, 11) is 0. The number of benzene rings is 1. The topological polar surface area (TPSA) is 59.1 Å². The molecule has 2 rings (SSSR count). The van der Waals surface area contributed by atoms with Crippen molar-refractivity contribution in [2.24, 2.45) is 5.73 Å². The summed E-state index contributed by atoms with van der Waals surface area (Å²) in [4.78, 5) is 0. The Bertz CT molecular complexity index is 395. The second kappa shape index (κ2) is 4.56. The average Bonchev–Trinajstić information content (AvgIpc) is 2.73. The van der Waals surface area contributed by atoms with Crippen molar-refractivity contribution in [3.63, 3.8) is 0 Å². The third-order valence-electron chi connectivity index (χ3n) is 3.08. The average molecular weight is 218 g/mol. The van der Waals surface area contributed by atoms with Crippen molar-refractivity contribution in [3.05, 3.63) is 29.3 Å². The molecule has 1 aromatic rings. The van der Waals surface area contributed by atoms with E-state index in [2.05, 4.69) is 0 Å². The van der Waals surface area contributed by atoms with Crippen LogP contribution in [0.2, 0.25) is 0 Å². The third kappa shape index (κ3) is 2.35. The zero-order chi connectivity index (χ0) is 11.5. The van der Waals surface area contributed by atoms with Crippen molar-refractivity contribution in [2.45, 2.75) is 38.7 Å². The normalized spacial score (nSPS) is 16.3. The van der Waals surface area contributed by atoms with Crippen LogP contribution in [0.3, 0.4) is 0 Å². The molecule has 0 atom stereocenters. The number of hydrogen-bond donors (Lipinski definition) is 2. The van der Waals surface area contributed by atoms with Gasteiger partial charge in [0.25, 0.3) is 0 Å². The number of aryl methyl sites for hydroxylation is 1. The van der Waals surface area contributed by atoms with E-state index in [1.807, 2.05) is 25.1 Å². The first kappa shape index (κ1) is 11.0. The molecule has 3 heteroatoms. The minimum Gasteiger partial charge on any atom is -0.490 e. The Kier molecular flexibility index (Phi) is 3.13. The molecule has 0 aromatic heterocycles. The number of amidine groups is 1. The maximum Gasteiger partial charge on any atom is 0.122 e. The van der Waals surface area contributed by atoms with Crippen LogP contribution in [0.15, 0.2) is 18.2 Å². The molecule has 1 aliphatic carbocycles.